The van der Waals surface area contributed by atoms with Crippen LogP contribution in [0.5, 0.6) is 5.75 Å². The molecule has 3 N–H and O–H groups in total. The Hall–Kier alpha value is -1.55. The lowest BCUT2D eigenvalue weighted by atomic mass is 9.93. The Kier molecular flexibility index (Phi) is 10.9. The quantitative estimate of drug-likeness (QED) is 0.496. The van der Waals surface area contributed by atoms with Crippen LogP contribution in [-0.4, -0.2) is 80.7 Å². The molecule has 2 amide bonds. The molecule has 8 nitrogen and oxygen atoms in total. The average Bonchev–Trinajstić information content (AvgIpc) is 2.81. The fraction of sp³-hybridized carbons (Fsp3) is 0.667. The maximum Gasteiger partial charge on any atom is 0.255 e. The summed E-state index contributed by atoms with van der Waals surface area (Å²) in [5.41, 5.74) is 6.56. The SMILES string of the molecule is Br.COc1cc(N)c(Cl)cc1C(=O)N[C@H]1CCN(CC2CCN(C(=O)C(C)C)CC2)C[C@H]1OC. The van der Waals surface area contributed by atoms with Gasteiger partial charge in [0.05, 0.1) is 35.5 Å². The maximum atomic E-state index is 13.0. The molecule has 1 aromatic rings. The van der Waals surface area contributed by atoms with E-state index in [9.17, 15) is 9.59 Å². The molecule has 2 fully saturated rings. The predicted octanol–water partition coefficient (Wildman–Crippen LogP) is 3.22. The van der Waals surface area contributed by atoms with Crippen LogP contribution in [0.3, 0.4) is 0 Å². The van der Waals surface area contributed by atoms with Crippen molar-refractivity contribution >= 4 is 46.1 Å². The second-order valence-electron chi connectivity index (χ2n) is 9.40. The number of anilines is 1. The first kappa shape index (κ1) is 28.7. The van der Waals surface area contributed by atoms with Crippen LogP contribution in [0.2, 0.25) is 5.02 Å². The number of nitrogens with one attached hydrogen (secondary N) is 1. The predicted molar refractivity (Wildman–Crippen MR) is 140 cm³/mol. The van der Waals surface area contributed by atoms with E-state index in [4.69, 9.17) is 26.8 Å². The van der Waals surface area contributed by atoms with Crippen molar-refractivity contribution < 1.29 is 19.1 Å². The van der Waals surface area contributed by atoms with Crippen LogP contribution in [0.25, 0.3) is 0 Å². The number of likely N-dealkylation sites (tertiary alicyclic amines) is 2. The van der Waals surface area contributed by atoms with Gasteiger partial charge in [0.2, 0.25) is 5.91 Å². The molecule has 0 unspecified atom stereocenters. The minimum atomic E-state index is -0.253. The fourth-order valence-corrected chi connectivity index (χ4v) is 4.94. The molecule has 2 aliphatic heterocycles. The summed E-state index contributed by atoms with van der Waals surface area (Å²) < 4.78 is 11.1. The first-order valence-corrected chi connectivity index (χ1v) is 12.1. The Morgan fingerprint density at radius 2 is 1.85 bits per heavy atom. The van der Waals surface area contributed by atoms with Crippen molar-refractivity contribution in [2.24, 2.45) is 11.8 Å². The summed E-state index contributed by atoms with van der Waals surface area (Å²) in [6.45, 7) is 8.23. The average molecular weight is 562 g/mol. The van der Waals surface area contributed by atoms with Gasteiger partial charge in [-0.2, -0.15) is 0 Å². The van der Waals surface area contributed by atoms with Crippen LogP contribution >= 0.6 is 28.6 Å². The topological polar surface area (TPSA) is 97.1 Å². The molecule has 2 aliphatic rings. The number of nitrogens with two attached hydrogens (primary N) is 1. The molecule has 0 radical (unpaired) electrons. The van der Waals surface area contributed by atoms with Gasteiger partial charge in [0.1, 0.15) is 5.75 Å². The van der Waals surface area contributed by atoms with E-state index >= 15 is 0 Å². The van der Waals surface area contributed by atoms with Gasteiger partial charge in [0.15, 0.2) is 0 Å². The highest BCUT2D eigenvalue weighted by Crippen LogP contribution is 2.29. The number of hydrogen-bond donors (Lipinski definition) is 2. The van der Waals surface area contributed by atoms with E-state index in [1.165, 1.54) is 7.11 Å². The van der Waals surface area contributed by atoms with Gasteiger partial charge in [-0.3, -0.25) is 9.59 Å². The summed E-state index contributed by atoms with van der Waals surface area (Å²) in [7, 11) is 3.18. The molecule has 0 spiro atoms. The van der Waals surface area contributed by atoms with Crippen LogP contribution in [0.15, 0.2) is 12.1 Å². The van der Waals surface area contributed by atoms with Gasteiger partial charge >= 0.3 is 0 Å². The van der Waals surface area contributed by atoms with E-state index in [0.717, 1.165) is 52.0 Å². The fourth-order valence-electron chi connectivity index (χ4n) is 4.78. The third-order valence-electron chi connectivity index (χ3n) is 6.76. The molecule has 0 aromatic heterocycles. The summed E-state index contributed by atoms with van der Waals surface area (Å²) in [6.07, 6.45) is 2.75. The lowest BCUT2D eigenvalue weighted by molar-refractivity contribution is -0.136. The van der Waals surface area contributed by atoms with Gasteiger partial charge < -0.3 is 30.3 Å². The summed E-state index contributed by atoms with van der Waals surface area (Å²) in [4.78, 5) is 29.6. The second-order valence-corrected chi connectivity index (χ2v) is 9.81. The zero-order valence-corrected chi connectivity index (χ0v) is 23.0. The number of nitrogen functional groups attached to an aromatic ring is 1. The summed E-state index contributed by atoms with van der Waals surface area (Å²) in [5, 5.41) is 3.42. The van der Waals surface area contributed by atoms with Crippen molar-refractivity contribution in [1.82, 2.24) is 15.1 Å². The van der Waals surface area contributed by atoms with Crippen molar-refractivity contribution in [1.29, 1.82) is 0 Å². The van der Waals surface area contributed by atoms with Crippen molar-refractivity contribution in [3.8, 4) is 5.75 Å². The van der Waals surface area contributed by atoms with Crippen molar-refractivity contribution in [3.05, 3.63) is 22.7 Å². The molecule has 1 aromatic carbocycles. The number of halogens is 2. The van der Waals surface area contributed by atoms with Gasteiger partial charge in [0, 0.05) is 51.8 Å². The molecule has 0 bridgehead atoms. The molecule has 0 saturated carbocycles. The minimum absolute atomic E-state index is 0. The van der Waals surface area contributed by atoms with Gasteiger partial charge in [-0.05, 0) is 31.2 Å². The third-order valence-corrected chi connectivity index (χ3v) is 7.09. The number of carbonyl (C=O) groups is 2. The van der Waals surface area contributed by atoms with Crippen molar-refractivity contribution in [2.45, 2.75) is 45.3 Å². The highest BCUT2D eigenvalue weighted by Gasteiger charge is 2.33. The first-order valence-electron chi connectivity index (χ1n) is 11.7. The second kappa shape index (κ2) is 13.0. The molecular formula is C24H38BrClN4O4. The normalized spacial score (nSPS) is 21.8. The number of ether oxygens (including phenoxy) is 2. The van der Waals surface area contributed by atoms with E-state index in [-0.39, 0.29) is 46.9 Å². The Labute approximate surface area is 218 Å². The number of benzene rings is 1. The van der Waals surface area contributed by atoms with Crippen LogP contribution in [0.4, 0.5) is 5.69 Å². The number of amides is 2. The molecule has 2 heterocycles. The Bertz CT molecular complexity index is 849. The van der Waals surface area contributed by atoms with Crippen molar-refractivity contribution in [2.75, 3.05) is 52.7 Å². The monoisotopic (exact) mass is 560 g/mol. The molecule has 0 aliphatic carbocycles. The number of methoxy groups -OCH3 is 2. The van der Waals surface area contributed by atoms with Gasteiger partial charge in [-0.15, -0.1) is 17.0 Å². The molecule has 34 heavy (non-hydrogen) atoms. The zero-order chi connectivity index (χ0) is 24.1. The maximum absolute atomic E-state index is 13.0. The van der Waals surface area contributed by atoms with E-state index < -0.39 is 0 Å². The Morgan fingerprint density at radius 3 is 2.44 bits per heavy atom. The zero-order valence-electron chi connectivity index (χ0n) is 20.5. The Balaban J connectivity index is 0.00000408. The summed E-state index contributed by atoms with van der Waals surface area (Å²) in [6, 6.07) is 3.00. The lowest BCUT2D eigenvalue weighted by Crippen LogP contribution is -2.55. The Morgan fingerprint density at radius 1 is 1.18 bits per heavy atom. The lowest BCUT2D eigenvalue weighted by Gasteiger charge is -2.41. The molecule has 3 rings (SSSR count). The molecule has 2 atom stereocenters. The number of piperidine rings is 2. The molecule has 10 heteroatoms. The standard InChI is InChI=1S/C24H37ClN4O4.BrH/c1-15(2)24(31)29-9-5-16(6-10-29)13-28-8-7-20(22(14-28)33-4)27-23(30)17-11-18(25)19(26)12-21(17)32-3;/h11-12,15-16,20,22H,5-10,13-14,26H2,1-4H3,(H,27,30);1H/t20-,22+;/m0./s1. The smallest absolute Gasteiger partial charge is 0.255 e. The van der Waals surface area contributed by atoms with Crippen LogP contribution in [0.1, 0.15) is 43.5 Å². The van der Waals surface area contributed by atoms with Gasteiger partial charge in [-0.25, -0.2) is 0 Å². The molecule has 2 saturated heterocycles. The van der Waals surface area contributed by atoms with Gasteiger partial charge in [0.25, 0.3) is 5.91 Å². The van der Waals surface area contributed by atoms with E-state index in [1.807, 2.05) is 18.7 Å². The minimum Gasteiger partial charge on any atom is -0.496 e. The molecule has 192 valence electrons. The van der Waals surface area contributed by atoms with E-state index in [1.54, 1.807) is 19.2 Å². The number of carbonyl (C=O) groups excluding carboxylic acids is 2. The number of rotatable bonds is 7. The largest absolute Gasteiger partial charge is 0.496 e. The van der Waals surface area contributed by atoms with Crippen LogP contribution in [0, 0.1) is 11.8 Å². The number of nitrogens with zero attached hydrogens (tertiary/aromatic N) is 2. The van der Waals surface area contributed by atoms with E-state index in [2.05, 4.69) is 10.2 Å². The van der Waals surface area contributed by atoms with E-state index in [0.29, 0.717) is 27.9 Å². The summed E-state index contributed by atoms with van der Waals surface area (Å²) >= 11 is 6.13. The van der Waals surface area contributed by atoms with Crippen molar-refractivity contribution in [3.63, 3.8) is 0 Å². The highest BCUT2D eigenvalue weighted by atomic mass is 79.9. The highest BCUT2D eigenvalue weighted by molar-refractivity contribution is 8.93. The van der Waals surface area contributed by atoms with Gasteiger partial charge in [-0.1, -0.05) is 25.4 Å². The first-order chi connectivity index (χ1) is 15.7. The molecular weight excluding hydrogens is 524 g/mol. The number of hydrogen-bond acceptors (Lipinski definition) is 6. The third kappa shape index (κ3) is 6.99. The van der Waals surface area contributed by atoms with Crippen LogP contribution in [-0.2, 0) is 9.53 Å². The van der Waals surface area contributed by atoms with Crippen LogP contribution < -0.4 is 15.8 Å². The summed E-state index contributed by atoms with van der Waals surface area (Å²) in [5.74, 6) is 1.02.